The number of aryl methyl sites for hydroxylation is 1. The molecular weight excluding hydrogens is 302 g/mol. The van der Waals surface area contributed by atoms with Crippen molar-refractivity contribution in [2.75, 3.05) is 19.7 Å². The average Bonchev–Trinajstić information content (AvgIpc) is 3.02. The first kappa shape index (κ1) is 15.3. The zero-order valence-electron chi connectivity index (χ0n) is 14.1. The van der Waals surface area contributed by atoms with Crippen LogP contribution in [0.25, 0.3) is 11.4 Å². The number of amides is 1. The lowest BCUT2D eigenvalue weighted by Gasteiger charge is -2.35. The van der Waals surface area contributed by atoms with E-state index in [0.29, 0.717) is 19.8 Å². The second kappa shape index (κ2) is 5.67. The molecule has 0 bridgehead atoms. The van der Waals surface area contributed by atoms with Gasteiger partial charge in [0.15, 0.2) is 5.82 Å². The largest absolute Gasteiger partial charge is 0.376 e. The van der Waals surface area contributed by atoms with Gasteiger partial charge in [-0.25, -0.2) is 9.97 Å². The summed E-state index contributed by atoms with van der Waals surface area (Å²) in [5.74, 6) is 0.877. The maximum Gasteiger partial charge on any atom is 0.219 e. The third-order valence-corrected chi connectivity index (χ3v) is 5.17. The van der Waals surface area contributed by atoms with Crippen LogP contribution in [0.2, 0.25) is 0 Å². The Morgan fingerprint density at radius 3 is 2.75 bits per heavy atom. The van der Waals surface area contributed by atoms with Crippen LogP contribution in [0.15, 0.2) is 30.3 Å². The molecule has 1 unspecified atom stereocenters. The highest BCUT2D eigenvalue weighted by atomic mass is 16.5. The van der Waals surface area contributed by atoms with Gasteiger partial charge in [-0.15, -0.1) is 0 Å². The number of likely N-dealkylation sites (tertiary alicyclic amines) is 1. The monoisotopic (exact) mass is 323 g/mol. The van der Waals surface area contributed by atoms with E-state index in [2.05, 4.69) is 0 Å². The minimum absolute atomic E-state index is 0.119. The van der Waals surface area contributed by atoms with Gasteiger partial charge in [-0.3, -0.25) is 4.79 Å². The molecule has 4 rings (SSSR count). The van der Waals surface area contributed by atoms with Crippen molar-refractivity contribution in [2.45, 2.75) is 32.3 Å². The molecule has 0 saturated carbocycles. The van der Waals surface area contributed by atoms with Crippen LogP contribution in [-0.4, -0.2) is 40.5 Å². The molecule has 1 saturated heterocycles. The van der Waals surface area contributed by atoms with Crippen LogP contribution in [0.4, 0.5) is 0 Å². The SMILES string of the molecule is CC(=O)N1CCC2(COCc3c(C)nc(-c4ccccc4)nc32)C1. The van der Waals surface area contributed by atoms with Gasteiger partial charge in [-0.05, 0) is 13.3 Å². The van der Waals surface area contributed by atoms with Crippen LogP contribution >= 0.6 is 0 Å². The van der Waals surface area contributed by atoms with Crippen LogP contribution in [0.3, 0.4) is 0 Å². The van der Waals surface area contributed by atoms with E-state index in [4.69, 9.17) is 14.7 Å². The van der Waals surface area contributed by atoms with E-state index in [1.165, 1.54) is 0 Å². The molecule has 1 atom stereocenters. The Morgan fingerprint density at radius 2 is 2.04 bits per heavy atom. The molecule has 0 radical (unpaired) electrons. The fourth-order valence-electron chi connectivity index (χ4n) is 3.79. The number of ether oxygens (including phenoxy) is 1. The van der Waals surface area contributed by atoms with Crippen LogP contribution in [0.1, 0.15) is 30.3 Å². The van der Waals surface area contributed by atoms with Gasteiger partial charge in [0, 0.05) is 36.8 Å². The number of carbonyl (C=O) groups excluding carboxylic acids is 1. The number of hydrogen-bond donors (Lipinski definition) is 0. The van der Waals surface area contributed by atoms with E-state index in [-0.39, 0.29) is 11.3 Å². The van der Waals surface area contributed by atoms with E-state index in [9.17, 15) is 4.79 Å². The molecule has 0 N–H and O–H groups in total. The van der Waals surface area contributed by atoms with Crippen LogP contribution in [-0.2, 0) is 21.6 Å². The molecule has 2 aliphatic heterocycles. The summed E-state index contributed by atoms with van der Waals surface area (Å²) in [6.07, 6.45) is 0.893. The normalized spacial score (nSPS) is 22.7. The van der Waals surface area contributed by atoms with E-state index in [1.807, 2.05) is 42.2 Å². The number of hydrogen-bond acceptors (Lipinski definition) is 4. The number of aromatic nitrogens is 2. The summed E-state index contributed by atoms with van der Waals surface area (Å²) >= 11 is 0. The maximum atomic E-state index is 11.8. The number of fused-ring (bicyclic) bond motifs is 2. The second-order valence-electron chi connectivity index (χ2n) is 6.79. The zero-order chi connectivity index (χ0) is 16.7. The highest BCUT2D eigenvalue weighted by Crippen LogP contribution is 2.40. The van der Waals surface area contributed by atoms with Gasteiger partial charge in [0.2, 0.25) is 5.91 Å². The summed E-state index contributed by atoms with van der Waals surface area (Å²) in [5, 5.41) is 0. The van der Waals surface area contributed by atoms with Crippen molar-refractivity contribution >= 4 is 5.91 Å². The van der Waals surface area contributed by atoms with Crippen LogP contribution < -0.4 is 0 Å². The fourth-order valence-corrected chi connectivity index (χ4v) is 3.79. The summed E-state index contributed by atoms with van der Waals surface area (Å²) in [5.41, 5.74) is 3.96. The third kappa shape index (κ3) is 2.40. The average molecular weight is 323 g/mol. The molecule has 2 aromatic rings. The van der Waals surface area contributed by atoms with Crippen molar-refractivity contribution < 1.29 is 9.53 Å². The molecule has 1 aromatic carbocycles. The molecule has 5 heteroatoms. The second-order valence-corrected chi connectivity index (χ2v) is 6.79. The highest BCUT2D eigenvalue weighted by Gasteiger charge is 2.46. The third-order valence-electron chi connectivity index (χ3n) is 5.17. The first-order chi connectivity index (χ1) is 11.6. The molecule has 1 fully saturated rings. The highest BCUT2D eigenvalue weighted by molar-refractivity contribution is 5.74. The minimum Gasteiger partial charge on any atom is -0.376 e. The molecule has 0 aliphatic carbocycles. The quantitative estimate of drug-likeness (QED) is 0.809. The molecule has 3 heterocycles. The van der Waals surface area contributed by atoms with E-state index in [0.717, 1.165) is 41.3 Å². The number of nitrogens with zero attached hydrogens (tertiary/aromatic N) is 3. The van der Waals surface area contributed by atoms with Crippen molar-refractivity contribution in [1.82, 2.24) is 14.9 Å². The molecule has 124 valence electrons. The van der Waals surface area contributed by atoms with Gasteiger partial charge < -0.3 is 9.64 Å². The zero-order valence-corrected chi connectivity index (χ0v) is 14.1. The summed E-state index contributed by atoms with van der Waals surface area (Å²) in [6, 6.07) is 10.1. The fraction of sp³-hybridized carbons (Fsp3) is 0.421. The first-order valence-corrected chi connectivity index (χ1v) is 8.36. The predicted molar refractivity (Wildman–Crippen MR) is 90.4 cm³/mol. The summed E-state index contributed by atoms with van der Waals surface area (Å²) in [7, 11) is 0. The lowest BCUT2D eigenvalue weighted by atomic mass is 9.80. The first-order valence-electron chi connectivity index (χ1n) is 8.36. The molecule has 5 nitrogen and oxygen atoms in total. The number of rotatable bonds is 1. The standard InChI is InChI=1S/C19H21N3O2/c1-13-16-10-24-12-19(8-9-22(11-19)14(2)23)17(16)21-18(20-13)15-6-4-3-5-7-15/h3-7H,8-12H2,1-2H3. The molecular formula is C19H21N3O2. The minimum atomic E-state index is -0.198. The van der Waals surface area contributed by atoms with Gasteiger partial charge >= 0.3 is 0 Å². The van der Waals surface area contributed by atoms with Crippen molar-refractivity contribution in [3.8, 4) is 11.4 Å². The van der Waals surface area contributed by atoms with Gasteiger partial charge in [-0.1, -0.05) is 30.3 Å². The Bertz CT molecular complexity index is 791. The van der Waals surface area contributed by atoms with E-state index >= 15 is 0 Å². The summed E-state index contributed by atoms with van der Waals surface area (Å²) in [6.45, 7) is 6.27. The Morgan fingerprint density at radius 1 is 1.25 bits per heavy atom. The smallest absolute Gasteiger partial charge is 0.219 e. The number of carbonyl (C=O) groups is 1. The van der Waals surface area contributed by atoms with Crippen molar-refractivity contribution in [2.24, 2.45) is 0 Å². The van der Waals surface area contributed by atoms with Gasteiger partial charge in [0.25, 0.3) is 0 Å². The molecule has 2 aliphatic rings. The molecule has 1 spiro atoms. The van der Waals surface area contributed by atoms with Gasteiger partial charge in [0.05, 0.1) is 24.3 Å². The van der Waals surface area contributed by atoms with Crippen molar-refractivity contribution in [3.63, 3.8) is 0 Å². The van der Waals surface area contributed by atoms with E-state index in [1.54, 1.807) is 6.92 Å². The Kier molecular flexibility index (Phi) is 3.61. The lowest BCUT2D eigenvalue weighted by Crippen LogP contribution is -2.41. The van der Waals surface area contributed by atoms with Gasteiger partial charge in [0.1, 0.15) is 0 Å². The van der Waals surface area contributed by atoms with Crippen molar-refractivity contribution in [1.29, 1.82) is 0 Å². The maximum absolute atomic E-state index is 11.8. The van der Waals surface area contributed by atoms with Gasteiger partial charge in [-0.2, -0.15) is 0 Å². The molecule has 24 heavy (non-hydrogen) atoms. The molecule has 1 aromatic heterocycles. The predicted octanol–water partition coefficient (Wildman–Crippen LogP) is 2.47. The summed E-state index contributed by atoms with van der Waals surface area (Å²) in [4.78, 5) is 23.3. The molecule has 1 amide bonds. The number of benzene rings is 1. The Hall–Kier alpha value is -2.27. The van der Waals surface area contributed by atoms with Crippen LogP contribution in [0, 0.1) is 6.92 Å². The van der Waals surface area contributed by atoms with E-state index < -0.39 is 0 Å². The van der Waals surface area contributed by atoms with Crippen molar-refractivity contribution in [3.05, 3.63) is 47.3 Å². The Balaban J connectivity index is 1.82. The van der Waals surface area contributed by atoms with Crippen LogP contribution in [0.5, 0.6) is 0 Å². The topological polar surface area (TPSA) is 55.3 Å². The summed E-state index contributed by atoms with van der Waals surface area (Å²) < 4.78 is 5.87. The lowest BCUT2D eigenvalue weighted by molar-refractivity contribution is -0.128. The Labute approximate surface area is 141 Å².